The lowest BCUT2D eigenvalue weighted by Gasteiger charge is -2.59. The molecule has 0 aromatic heterocycles. The first kappa shape index (κ1) is 19.5. The standard InChI is InChI=1S/C21H31N3O4S/c1-13(21-9-14-6-15(10-21)8-16(7-14)11-21)22-20(26)18-2-3-19(25)24(23-18)17-4-5-29(27,28)12-17/h13-17H,2-12H2,1H3,(H,22,26)/t13-,14?,15?,16?,17+,21?/m1/s1. The van der Waals surface area contributed by atoms with Crippen molar-refractivity contribution in [3.8, 4) is 0 Å². The summed E-state index contributed by atoms with van der Waals surface area (Å²) in [5.41, 5.74) is 0.583. The minimum absolute atomic E-state index is 0.0547. The predicted octanol–water partition coefficient (Wildman–Crippen LogP) is 1.87. The first-order chi connectivity index (χ1) is 13.7. The van der Waals surface area contributed by atoms with Gasteiger partial charge < -0.3 is 5.32 Å². The van der Waals surface area contributed by atoms with Crippen LogP contribution in [0.5, 0.6) is 0 Å². The van der Waals surface area contributed by atoms with Crippen molar-refractivity contribution in [3.63, 3.8) is 0 Å². The number of nitrogens with zero attached hydrogens (tertiary/aromatic N) is 2. The SMILES string of the molecule is C[C@@H](NC(=O)C1=NN([C@H]2CCS(=O)(=O)C2)C(=O)CC1)C12CC3CC(CC(C3)C1)C2. The Balaban J connectivity index is 1.29. The first-order valence-electron chi connectivity index (χ1n) is 11.1. The largest absolute Gasteiger partial charge is 0.348 e. The van der Waals surface area contributed by atoms with Crippen LogP contribution in [0.4, 0.5) is 0 Å². The Morgan fingerprint density at radius 3 is 2.31 bits per heavy atom. The lowest BCUT2D eigenvalue weighted by atomic mass is 9.48. The van der Waals surface area contributed by atoms with Gasteiger partial charge in [0.05, 0.1) is 17.5 Å². The van der Waals surface area contributed by atoms with Crippen molar-refractivity contribution in [3.05, 3.63) is 0 Å². The van der Waals surface area contributed by atoms with E-state index >= 15 is 0 Å². The maximum absolute atomic E-state index is 13.0. The molecule has 2 heterocycles. The molecule has 5 fully saturated rings. The Bertz CT molecular complexity index is 830. The Labute approximate surface area is 172 Å². The van der Waals surface area contributed by atoms with Crippen LogP contribution in [0.3, 0.4) is 0 Å². The van der Waals surface area contributed by atoms with E-state index in [0.29, 0.717) is 18.6 Å². The average molecular weight is 422 g/mol. The van der Waals surface area contributed by atoms with Gasteiger partial charge in [-0.25, -0.2) is 13.4 Å². The van der Waals surface area contributed by atoms with Gasteiger partial charge in [0.15, 0.2) is 9.84 Å². The molecule has 0 aromatic carbocycles. The van der Waals surface area contributed by atoms with Gasteiger partial charge in [-0.15, -0.1) is 0 Å². The van der Waals surface area contributed by atoms with E-state index in [1.54, 1.807) is 0 Å². The Kier molecular flexibility index (Phi) is 4.57. The summed E-state index contributed by atoms with van der Waals surface area (Å²) in [6.07, 6.45) is 8.71. The van der Waals surface area contributed by atoms with Crippen molar-refractivity contribution in [1.82, 2.24) is 10.3 Å². The molecule has 160 valence electrons. The molecule has 2 amide bonds. The molecular weight excluding hydrogens is 390 g/mol. The Morgan fingerprint density at radius 2 is 1.76 bits per heavy atom. The van der Waals surface area contributed by atoms with Gasteiger partial charge in [-0.3, -0.25) is 9.59 Å². The molecule has 0 aromatic rings. The molecule has 4 bridgehead atoms. The van der Waals surface area contributed by atoms with Gasteiger partial charge in [0.1, 0.15) is 5.71 Å². The molecule has 29 heavy (non-hydrogen) atoms. The van der Waals surface area contributed by atoms with Gasteiger partial charge >= 0.3 is 0 Å². The molecule has 7 nitrogen and oxygen atoms in total. The van der Waals surface area contributed by atoms with Crippen LogP contribution < -0.4 is 5.32 Å². The average Bonchev–Trinajstić information content (AvgIpc) is 3.00. The summed E-state index contributed by atoms with van der Waals surface area (Å²) in [4.78, 5) is 25.3. The Morgan fingerprint density at radius 1 is 1.14 bits per heavy atom. The second-order valence-corrected chi connectivity index (χ2v) is 12.5. The number of nitrogens with one attached hydrogen (secondary N) is 1. The van der Waals surface area contributed by atoms with Crippen molar-refractivity contribution in [2.45, 2.75) is 76.8 Å². The van der Waals surface area contributed by atoms with Crippen LogP contribution in [0.25, 0.3) is 0 Å². The first-order valence-corrected chi connectivity index (χ1v) is 13.0. The fourth-order valence-corrected chi connectivity index (χ4v) is 8.82. The van der Waals surface area contributed by atoms with Crippen LogP contribution in [0.2, 0.25) is 0 Å². The molecule has 0 unspecified atom stereocenters. The topological polar surface area (TPSA) is 95.9 Å². The molecule has 4 saturated carbocycles. The zero-order valence-corrected chi connectivity index (χ0v) is 17.9. The third-order valence-corrected chi connectivity index (χ3v) is 9.98. The number of carbonyl (C=O) groups excluding carboxylic acids is 2. The van der Waals surface area contributed by atoms with Crippen molar-refractivity contribution in [1.29, 1.82) is 0 Å². The molecule has 8 heteroatoms. The summed E-state index contributed by atoms with van der Waals surface area (Å²) in [5, 5.41) is 8.83. The molecule has 0 spiro atoms. The second-order valence-electron chi connectivity index (χ2n) is 10.3. The van der Waals surface area contributed by atoms with Gasteiger partial charge in [0.25, 0.3) is 5.91 Å². The van der Waals surface area contributed by atoms with Crippen molar-refractivity contribution >= 4 is 27.4 Å². The van der Waals surface area contributed by atoms with Gasteiger partial charge in [0, 0.05) is 18.9 Å². The third kappa shape index (κ3) is 3.51. The van der Waals surface area contributed by atoms with E-state index in [-0.39, 0.29) is 41.2 Å². The highest BCUT2D eigenvalue weighted by Crippen LogP contribution is 2.61. The van der Waals surface area contributed by atoms with E-state index in [1.807, 2.05) is 0 Å². The number of amides is 2. The molecule has 1 N–H and O–H groups in total. The fraction of sp³-hybridized carbons (Fsp3) is 0.857. The van der Waals surface area contributed by atoms with Gasteiger partial charge in [-0.05, 0) is 75.0 Å². The summed E-state index contributed by atoms with van der Waals surface area (Å²) in [5.74, 6) is 2.13. The summed E-state index contributed by atoms with van der Waals surface area (Å²) >= 11 is 0. The summed E-state index contributed by atoms with van der Waals surface area (Å²) in [6.45, 7) is 2.14. The zero-order chi connectivity index (χ0) is 20.4. The fourth-order valence-electron chi connectivity index (χ4n) is 7.13. The summed E-state index contributed by atoms with van der Waals surface area (Å²) < 4.78 is 23.6. The number of hydrogen-bond donors (Lipinski definition) is 1. The monoisotopic (exact) mass is 421 g/mol. The van der Waals surface area contributed by atoms with E-state index in [0.717, 1.165) is 17.8 Å². The number of rotatable bonds is 4. The number of sulfone groups is 1. The van der Waals surface area contributed by atoms with E-state index in [2.05, 4.69) is 17.3 Å². The van der Waals surface area contributed by atoms with Crippen LogP contribution >= 0.6 is 0 Å². The van der Waals surface area contributed by atoms with Crippen molar-refractivity contribution < 1.29 is 18.0 Å². The lowest BCUT2D eigenvalue weighted by molar-refractivity contribution is -0.133. The van der Waals surface area contributed by atoms with Crippen molar-refractivity contribution in [2.75, 3.05) is 11.5 Å². The van der Waals surface area contributed by atoms with E-state index in [4.69, 9.17) is 0 Å². The quantitative estimate of drug-likeness (QED) is 0.750. The molecule has 1 saturated heterocycles. The van der Waals surface area contributed by atoms with Gasteiger partial charge in [-0.2, -0.15) is 5.10 Å². The van der Waals surface area contributed by atoms with Crippen LogP contribution in [-0.4, -0.2) is 54.5 Å². The number of hydrazone groups is 1. The number of carbonyl (C=O) groups is 2. The highest BCUT2D eigenvalue weighted by Gasteiger charge is 2.53. The molecule has 6 rings (SSSR count). The molecular formula is C21H31N3O4S. The van der Waals surface area contributed by atoms with Crippen LogP contribution in [0.1, 0.15) is 64.7 Å². The molecule has 6 aliphatic rings. The molecule has 4 aliphatic carbocycles. The minimum atomic E-state index is -3.11. The minimum Gasteiger partial charge on any atom is -0.348 e. The van der Waals surface area contributed by atoms with Crippen LogP contribution in [-0.2, 0) is 19.4 Å². The second kappa shape index (κ2) is 6.79. The van der Waals surface area contributed by atoms with Crippen LogP contribution in [0, 0.1) is 23.2 Å². The van der Waals surface area contributed by atoms with E-state index in [1.165, 1.54) is 43.5 Å². The van der Waals surface area contributed by atoms with E-state index in [9.17, 15) is 18.0 Å². The predicted molar refractivity (Wildman–Crippen MR) is 109 cm³/mol. The maximum Gasteiger partial charge on any atom is 0.267 e. The maximum atomic E-state index is 13.0. The highest BCUT2D eigenvalue weighted by atomic mass is 32.2. The summed E-state index contributed by atoms with van der Waals surface area (Å²) in [7, 11) is -3.11. The lowest BCUT2D eigenvalue weighted by Crippen LogP contribution is -2.57. The number of hydrogen-bond acceptors (Lipinski definition) is 5. The normalized spacial score (nSPS) is 41.3. The highest BCUT2D eigenvalue weighted by molar-refractivity contribution is 7.91. The van der Waals surface area contributed by atoms with Gasteiger partial charge in [-0.1, -0.05) is 0 Å². The van der Waals surface area contributed by atoms with Crippen molar-refractivity contribution in [2.24, 2.45) is 28.3 Å². The Hall–Kier alpha value is -1.44. The molecule has 2 atom stereocenters. The molecule has 0 radical (unpaired) electrons. The molecule has 2 aliphatic heterocycles. The van der Waals surface area contributed by atoms with Gasteiger partial charge in [0.2, 0.25) is 5.91 Å². The van der Waals surface area contributed by atoms with Crippen LogP contribution in [0.15, 0.2) is 5.10 Å². The van der Waals surface area contributed by atoms with E-state index < -0.39 is 15.9 Å². The zero-order valence-electron chi connectivity index (χ0n) is 17.1. The third-order valence-electron chi connectivity index (χ3n) is 8.23. The smallest absolute Gasteiger partial charge is 0.267 e. The summed E-state index contributed by atoms with van der Waals surface area (Å²) in [6, 6.07) is -0.333.